The SMILES string of the molecule is CC(=O)NC(CC(=O)NCC(C)CN)c1ccc(Cl)cc1.Cl. The number of carbonyl (C=O) groups is 2. The molecule has 22 heavy (non-hydrogen) atoms. The molecule has 0 aromatic heterocycles. The van der Waals surface area contributed by atoms with Crippen molar-refractivity contribution in [3.63, 3.8) is 0 Å². The zero-order valence-electron chi connectivity index (χ0n) is 12.8. The molecule has 2 unspecified atom stereocenters. The Kier molecular flexibility index (Phi) is 9.81. The van der Waals surface area contributed by atoms with E-state index in [1.807, 2.05) is 6.92 Å². The molecule has 1 aromatic rings. The minimum atomic E-state index is -0.368. The average molecular weight is 348 g/mol. The molecule has 0 aliphatic carbocycles. The summed E-state index contributed by atoms with van der Waals surface area (Å²) in [6.07, 6.45) is 0.179. The van der Waals surface area contributed by atoms with Crippen LogP contribution in [0.5, 0.6) is 0 Å². The summed E-state index contributed by atoms with van der Waals surface area (Å²) in [5.41, 5.74) is 6.35. The highest BCUT2D eigenvalue weighted by Crippen LogP contribution is 2.19. The Balaban J connectivity index is 0.00000441. The van der Waals surface area contributed by atoms with Crippen molar-refractivity contribution in [1.82, 2.24) is 10.6 Å². The molecular formula is C15H23Cl2N3O2. The van der Waals surface area contributed by atoms with Gasteiger partial charge in [-0.05, 0) is 30.2 Å². The first-order chi connectivity index (χ1) is 9.92. The van der Waals surface area contributed by atoms with Crippen molar-refractivity contribution in [2.75, 3.05) is 13.1 Å². The van der Waals surface area contributed by atoms with Crippen LogP contribution in [0.15, 0.2) is 24.3 Å². The zero-order chi connectivity index (χ0) is 15.8. The fraction of sp³-hybridized carbons (Fsp3) is 0.467. The molecule has 7 heteroatoms. The summed E-state index contributed by atoms with van der Waals surface area (Å²) in [7, 11) is 0. The van der Waals surface area contributed by atoms with Crippen LogP contribution in [-0.4, -0.2) is 24.9 Å². The van der Waals surface area contributed by atoms with Crippen molar-refractivity contribution in [1.29, 1.82) is 0 Å². The predicted molar refractivity (Wildman–Crippen MR) is 91.1 cm³/mol. The lowest BCUT2D eigenvalue weighted by Gasteiger charge is -2.19. The van der Waals surface area contributed by atoms with Gasteiger partial charge in [0.05, 0.1) is 12.5 Å². The molecule has 2 atom stereocenters. The zero-order valence-corrected chi connectivity index (χ0v) is 14.3. The third-order valence-corrected chi connectivity index (χ3v) is 3.34. The summed E-state index contributed by atoms with van der Waals surface area (Å²) in [6.45, 7) is 4.44. The summed E-state index contributed by atoms with van der Waals surface area (Å²) in [6, 6.07) is 6.71. The fourth-order valence-corrected chi connectivity index (χ4v) is 1.95. The lowest BCUT2D eigenvalue weighted by Crippen LogP contribution is -2.35. The number of nitrogens with two attached hydrogens (primary N) is 1. The summed E-state index contributed by atoms with van der Waals surface area (Å²) in [4.78, 5) is 23.3. The van der Waals surface area contributed by atoms with Gasteiger partial charge in [-0.15, -0.1) is 12.4 Å². The van der Waals surface area contributed by atoms with Gasteiger partial charge in [0.1, 0.15) is 0 Å². The van der Waals surface area contributed by atoms with Crippen molar-refractivity contribution < 1.29 is 9.59 Å². The van der Waals surface area contributed by atoms with Gasteiger partial charge in [0.25, 0.3) is 0 Å². The number of amides is 2. The average Bonchev–Trinajstić information content (AvgIpc) is 2.44. The van der Waals surface area contributed by atoms with Crippen LogP contribution in [-0.2, 0) is 9.59 Å². The van der Waals surface area contributed by atoms with Crippen molar-refractivity contribution in [3.8, 4) is 0 Å². The van der Waals surface area contributed by atoms with Crippen LogP contribution >= 0.6 is 24.0 Å². The van der Waals surface area contributed by atoms with Gasteiger partial charge in [-0.25, -0.2) is 0 Å². The number of hydrogen-bond acceptors (Lipinski definition) is 3. The third kappa shape index (κ3) is 7.64. The van der Waals surface area contributed by atoms with Crippen molar-refractivity contribution >= 4 is 35.8 Å². The molecule has 0 radical (unpaired) electrons. The van der Waals surface area contributed by atoms with Gasteiger partial charge in [-0.2, -0.15) is 0 Å². The highest BCUT2D eigenvalue weighted by atomic mass is 35.5. The molecule has 4 N–H and O–H groups in total. The Hall–Kier alpha value is -1.30. The largest absolute Gasteiger partial charge is 0.356 e. The lowest BCUT2D eigenvalue weighted by atomic mass is 10.0. The number of halogens is 2. The second-order valence-corrected chi connectivity index (χ2v) is 5.59. The number of nitrogens with one attached hydrogen (secondary N) is 2. The maximum absolute atomic E-state index is 12.0. The van der Waals surface area contributed by atoms with E-state index in [4.69, 9.17) is 17.3 Å². The van der Waals surface area contributed by atoms with E-state index < -0.39 is 0 Å². The highest BCUT2D eigenvalue weighted by molar-refractivity contribution is 6.30. The molecule has 1 aromatic carbocycles. The molecule has 0 fully saturated rings. The Morgan fingerprint density at radius 3 is 2.36 bits per heavy atom. The Labute approximate surface area is 142 Å². The highest BCUT2D eigenvalue weighted by Gasteiger charge is 2.17. The van der Waals surface area contributed by atoms with E-state index in [1.54, 1.807) is 24.3 Å². The van der Waals surface area contributed by atoms with E-state index in [9.17, 15) is 9.59 Å². The minimum absolute atomic E-state index is 0. The van der Waals surface area contributed by atoms with Crippen LogP contribution in [0.1, 0.15) is 31.9 Å². The van der Waals surface area contributed by atoms with Crippen molar-refractivity contribution in [2.24, 2.45) is 11.7 Å². The lowest BCUT2D eigenvalue weighted by molar-refractivity contribution is -0.122. The molecule has 0 bridgehead atoms. The Morgan fingerprint density at radius 1 is 1.27 bits per heavy atom. The molecule has 0 heterocycles. The Morgan fingerprint density at radius 2 is 1.86 bits per heavy atom. The van der Waals surface area contributed by atoms with Crippen LogP contribution < -0.4 is 16.4 Å². The van der Waals surface area contributed by atoms with Gasteiger partial charge in [0.15, 0.2) is 0 Å². The monoisotopic (exact) mass is 347 g/mol. The predicted octanol–water partition coefficient (Wildman–Crippen LogP) is 2.04. The van der Waals surface area contributed by atoms with Crippen molar-refractivity contribution in [3.05, 3.63) is 34.9 Å². The number of benzene rings is 1. The molecule has 0 spiro atoms. The van der Waals surface area contributed by atoms with Crippen LogP contribution in [0, 0.1) is 5.92 Å². The molecule has 0 aliphatic rings. The van der Waals surface area contributed by atoms with Crippen LogP contribution in [0.2, 0.25) is 5.02 Å². The first kappa shape index (κ1) is 20.7. The second kappa shape index (κ2) is 10.4. The van der Waals surface area contributed by atoms with Gasteiger partial charge in [0.2, 0.25) is 11.8 Å². The van der Waals surface area contributed by atoms with Gasteiger partial charge in [0, 0.05) is 18.5 Å². The first-order valence-corrected chi connectivity index (χ1v) is 7.29. The topological polar surface area (TPSA) is 84.2 Å². The number of carbonyl (C=O) groups excluding carboxylic acids is 2. The quantitative estimate of drug-likeness (QED) is 0.705. The molecule has 0 saturated heterocycles. The smallest absolute Gasteiger partial charge is 0.222 e. The van der Waals surface area contributed by atoms with E-state index in [0.29, 0.717) is 18.1 Å². The molecule has 5 nitrogen and oxygen atoms in total. The van der Waals surface area contributed by atoms with Crippen LogP contribution in [0.25, 0.3) is 0 Å². The van der Waals surface area contributed by atoms with E-state index in [-0.39, 0.29) is 42.6 Å². The Bertz CT molecular complexity index is 480. The van der Waals surface area contributed by atoms with Gasteiger partial charge < -0.3 is 16.4 Å². The maximum atomic E-state index is 12.0. The summed E-state index contributed by atoms with van der Waals surface area (Å²) in [5.74, 6) is -0.0780. The molecule has 2 amide bonds. The second-order valence-electron chi connectivity index (χ2n) is 5.15. The number of hydrogen-bond donors (Lipinski definition) is 3. The maximum Gasteiger partial charge on any atom is 0.222 e. The fourth-order valence-electron chi connectivity index (χ4n) is 1.82. The van der Waals surface area contributed by atoms with Crippen molar-refractivity contribution in [2.45, 2.75) is 26.3 Å². The van der Waals surface area contributed by atoms with E-state index >= 15 is 0 Å². The molecular weight excluding hydrogens is 325 g/mol. The standard InChI is InChI=1S/C15H22ClN3O2.ClH/c1-10(8-17)9-18-15(21)7-14(19-11(2)20)12-3-5-13(16)6-4-12;/h3-6,10,14H,7-9,17H2,1-2H3,(H,18,21)(H,19,20);1H. The van der Waals surface area contributed by atoms with E-state index in [1.165, 1.54) is 6.92 Å². The van der Waals surface area contributed by atoms with E-state index in [2.05, 4.69) is 10.6 Å². The summed E-state index contributed by atoms with van der Waals surface area (Å²) >= 11 is 5.85. The first-order valence-electron chi connectivity index (χ1n) is 6.91. The summed E-state index contributed by atoms with van der Waals surface area (Å²) in [5, 5.41) is 6.22. The van der Waals surface area contributed by atoms with Gasteiger partial charge >= 0.3 is 0 Å². The molecule has 0 saturated carbocycles. The third-order valence-electron chi connectivity index (χ3n) is 3.09. The van der Waals surface area contributed by atoms with Gasteiger partial charge in [-0.1, -0.05) is 30.7 Å². The minimum Gasteiger partial charge on any atom is -0.356 e. The van der Waals surface area contributed by atoms with Crippen LogP contribution in [0.4, 0.5) is 0 Å². The van der Waals surface area contributed by atoms with E-state index in [0.717, 1.165) is 5.56 Å². The van der Waals surface area contributed by atoms with Gasteiger partial charge in [-0.3, -0.25) is 9.59 Å². The molecule has 0 aliphatic heterocycles. The summed E-state index contributed by atoms with van der Waals surface area (Å²) < 4.78 is 0. The molecule has 124 valence electrons. The van der Waals surface area contributed by atoms with Crippen LogP contribution in [0.3, 0.4) is 0 Å². The number of rotatable bonds is 7. The normalized spacial score (nSPS) is 12.7. The molecule has 1 rings (SSSR count).